The van der Waals surface area contributed by atoms with Crippen molar-refractivity contribution in [1.29, 1.82) is 0 Å². The van der Waals surface area contributed by atoms with Crippen LogP contribution < -0.4 is 10.1 Å². The zero-order chi connectivity index (χ0) is 24.8. The van der Waals surface area contributed by atoms with Crippen LogP contribution in [0.5, 0.6) is 5.75 Å². The predicted molar refractivity (Wildman–Crippen MR) is 123 cm³/mol. The maximum atomic E-state index is 13.3. The van der Waals surface area contributed by atoms with Gasteiger partial charge in [0.25, 0.3) is 0 Å². The summed E-state index contributed by atoms with van der Waals surface area (Å²) >= 11 is 0. The fourth-order valence-corrected chi connectivity index (χ4v) is 4.88. The van der Waals surface area contributed by atoms with Crippen LogP contribution in [0.25, 0.3) is 0 Å². The van der Waals surface area contributed by atoms with Gasteiger partial charge < -0.3 is 29.7 Å². The highest BCUT2D eigenvalue weighted by Gasteiger charge is 2.52. The van der Waals surface area contributed by atoms with Gasteiger partial charge in [-0.2, -0.15) is 0 Å². The molecule has 0 aromatic heterocycles. The van der Waals surface area contributed by atoms with E-state index in [4.69, 9.17) is 19.3 Å². The van der Waals surface area contributed by atoms with Crippen molar-refractivity contribution in [1.82, 2.24) is 5.32 Å². The first-order valence-corrected chi connectivity index (χ1v) is 11.7. The lowest BCUT2D eigenvalue weighted by molar-refractivity contribution is -0.151. The minimum absolute atomic E-state index is 0.0407. The number of carbonyl (C=O) groups is 3. The number of hydrogen-bond acceptors (Lipinski definition) is 7. The summed E-state index contributed by atoms with van der Waals surface area (Å²) in [6.07, 6.45) is 1.60. The topological polar surface area (TPSA) is 131 Å². The Morgan fingerprint density at radius 3 is 2.49 bits per heavy atom. The second-order valence-electron chi connectivity index (χ2n) is 8.81. The summed E-state index contributed by atoms with van der Waals surface area (Å²) in [4.78, 5) is 36.7. The van der Waals surface area contributed by atoms with Gasteiger partial charge in [-0.1, -0.05) is 48.5 Å². The van der Waals surface area contributed by atoms with Crippen molar-refractivity contribution in [2.24, 2.45) is 11.8 Å². The van der Waals surface area contributed by atoms with Crippen LogP contribution in [0.15, 0.2) is 54.6 Å². The third-order valence-corrected chi connectivity index (χ3v) is 6.51. The number of aliphatic hydroxyl groups excluding tert-OH is 1. The van der Waals surface area contributed by atoms with E-state index in [0.717, 1.165) is 24.0 Å². The predicted octanol–water partition coefficient (Wildman–Crippen LogP) is 1.71. The molecular weight excluding hydrogens is 454 g/mol. The molecule has 35 heavy (non-hydrogen) atoms. The fourth-order valence-electron chi connectivity index (χ4n) is 4.88. The SMILES string of the molecule is O=C(O)COc1ccccc1CC1C2CCC(O2)C1C(=O)NC(CO)C(=O)OCc1ccccc1. The van der Waals surface area contributed by atoms with Crippen molar-refractivity contribution in [3.05, 3.63) is 65.7 Å². The van der Waals surface area contributed by atoms with Crippen molar-refractivity contribution >= 4 is 17.8 Å². The number of carboxylic acids is 1. The van der Waals surface area contributed by atoms with Crippen LogP contribution in [0.2, 0.25) is 0 Å². The molecule has 2 heterocycles. The standard InChI is InChI=1S/C26H29NO8/c28-13-19(26(32)34-14-16-6-2-1-3-7-16)27-25(31)24-18(21-10-11-22(24)35-21)12-17-8-4-5-9-20(17)33-15-23(29)30/h1-9,18-19,21-22,24,28H,10-15H2,(H,27,31)(H,29,30). The summed E-state index contributed by atoms with van der Waals surface area (Å²) in [6, 6.07) is 15.1. The average Bonchev–Trinajstić information content (AvgIpc) is 3.48. The number of esters is 1. The number of ether oxygens (including phenoxy) is 3. The molecule has 0 aliphatic carbocycles. The van der Waals surface area contributed by atoms with Crippen molar-refractivity contribution in [3.8, 4) is 5.75 Å². The molecule has 0 saturated carbocycles. The molecule has 0 spiro atoms. The van der Waals surface area contributed by atoms with Crippen LogP contribution >= 0.6 is 0 Å². The Morgan fingerprint density at radius 2 is 1.74 bits per heavy atom. The molecular formula is C26H29NO8. The number of nitrogens with one attached hydrogen (secondary N) is 1. The van der Waals surface area contributed by atoms with E-state index in [0.29, 0.717) is 12.2 Å². The van der Waals surface area contributed by atoms with E-state index < -0.39 is 37.1 Å². The van der Waals surface area contributed by atoms with Crippen LogP contribution in [0.1, 0.15) is 24.0 Å². The zero-order valence-electron chi connectivity index (χ0n) is 19.2. The van der Waals surface area contributed by atoms with Gasteiger partial charge in [0.2, 0.25) is 5.91 Å². The number of carboxylic acid groups (broad SMARTS) is 1. The largest absolute Gasteiger partial charge is 0.482 e. The monoisotopic (exact) mass is 483 g/mol. The first-order chi connectivity index (χ1) is 17.0. The lowest BCUT2D eigenvalue weighted by atomic mass is 9.75. The number of aliphatic hydroxyl groups is 1. The minimum Gasteiger partial charge on any atom is -0.482 e. The van der Waals surface area contributed by atoms with Crippen LogP contribution in [-0.2, 0) is 36.9 Å². The lowest BCUT2D eigenvalue weighted by Gasteiger charge is -2.29. The molecule has 9 nitrogen and oxygen atoms in total. The molecule has 4 rings (SSSR count). The van der Waals surface area contributed by atoms with Crippen molar-refractivity contribution in [2.75, 3.05) is 13.2 Å². The highest BCUT2D eigenvalue weighted by atomic mass is 16.5. The van der Waals surface area contributed by atoms with Gasteiger partial charge in [-0.25, -0.2) is 9.59 Å². The maximum Gasteiger partial charge on any atom is 0.341 e. The lowest BCUT2D eigenvalue weighted by Crippen LogP contribution is -2.50. The second-order valence-corrected chi connectivity index (χ2v) is 8.81. The quantitative estimate of drug-likeness (QED) is 0.412. The Bertz CT molecular complexity index is 1040. The molecule has 0 radical (unpaired) electrons. The van der Waals surface area contributed by atoms with Gasteiger partial charge in [0, 0.05) is 5.92 Å². The van der Waals surface area contributed by atoms with Crippen LogP contribution in [0.3, 0.4) is 0 Å². The molecule has 2 aliphatic rings. The van der Waals surface area contributed by atoms with E-state index in [1.54, 1.807) is 12.1 Å². The first kappa shape index (κ1) is 24.7. The summed E-state index contributed by atoms with van der Waals surface area (Å²) in [5.41, 5.74) is 1.59. The summed E-state index contributed by atoms with van der Waals surface area (Å²) in [6.45, 7) is -1.01. The summed E-state index contributed by atoms with van der Waals surface area (Å²) < 4.78 is 16.7. The fraction of sp³-hybridized carbons (Fsp3) is 0.423. The van der Waals surface area contributed by atoms with Gasteiger partial charge in [-0.3, -0.25) is 4.79 Å². The number of para-hydroxylation sites is 1. The highest BCUT2D eigenvalue weighted by Crippen LogP contribution is 2.45. The van der Waals surface area contributed by atoms with Gasteiger partial charge in [0.05, 0.1) is 24.7 Å². The molecule has 2 aromatic carbocycles. The first-order valence-electron chi connectivity index (χ1n) is 11.7. The van der Waals surface area contributed by atoms with E-state index in [2.05, 4.69) is 5.32 Å². The number of carbonyl (C=O) groups excluding carboxylic acids is 2. The number of rotatable bonds is 11. The molecule has 5 unspecified atom stereocenters. The number of hydrogen-bond donors (Lipinski definition) is 3. The van der Waals surface area contributed by atoms with Crippen molar-refractivity contribution < 1.29 is 38.8 Å². The van der Waals surface area contributed by atoms with E-state index in [9.17, 15) is 19.5 Å². The third-order valence-electron chi connectivity index (χ3n) is 6.51. The van der Waals surface area contributed by atoms with E-state index in [1.165, 1.54) is 0 Å². The van der Waals surface area contributed by atoms with E-state index >= 15 is 0 Å². The molecule has 1 amide bonds. The minimum atomic E-state index is -1.18. The smallest absolute Gasteiger partial charge is 0.341 e. The van der Waals surface area contributed by atoms with Crippen LogP contribution in [-0.4, -0.2) is 59.5 Å². The molecule has 2 aliphatic heterocycles. The second kappa shape index (κ2) is 11.3. The number of amides is 1. The molecule has 186 valence electrons. The Morgan fingerprint density at radius 1 is 1.03 bits per heavy atom. The normalized spacial score (nSPS) is 23.5. The van der Waals surface area contributed by atoms with Gasteiger partial charge in [0.15, 0.2) is 12.6 Å². The summed E-state index contributed by atoms with van der Waals surface area (Å²) in [5.74, 6) is -2.40. The molecule has 9 heteroatoms. The van der Waals surface area contributed by atoms with Crippen LogP contribution in [0, 0.1) is 11.8 Å². The maximum absolute atomic E-state index is 13.3. The molecule has 5 atom stereocenters. The Hall–Kier alpha value is -3.43. The van der Waals surface area contributed by atoms with Crippen LogP contribution in [0.4, 0.5) is 0 Å². The molecule has 2 saturated heterocycles. The zero-order valence-corrected chi connectivity index (χ0v) is 19.2. The molecule has 2 bridgehead atoms. The highest BCUT2D eigenvalue weighted by molar-refractivity contribution is 5.86. The van der Waals surface area contributed by atoms with Crippen molar-refractivity contribution in [3.63, 3.8) is 0 Å². The Kier molecular flexibility index (Phi) is 7.99. The van der Waals surface area contributed by atoms with E-state index in [-0.39, 0.29) is 30.6 Å². The molecule has 3 N–H and O–H groups in total. The van der Waals surface area contributed by atoms with Crippen molar-refractivity contribution in [2.45, 2.75) is 44.1 Å². The summed E-state index contributed by atoms with van der Waals surface area (Å²) in [7, 11) is 0. The van der Waals surface area contributed by atoms with Gasteiger partial charge >= 0.3 is 11.9 Å². The average molecular weight is 484 g/mol. The molecule has 2 fully saturated rings. The number of fused-ring (bicyclic) bond motifs is 2. The van der Waals surface area contributed by atoms with Gasteiger partial charge in [0.1, 0.15) is 12.4 Å². The Labute approximate surface area is 203 Å². The third kappa shape index (κ3) is 5.98. The Balaban J connectivity index is 1.41. The number of benzene rings is 2. The van der Waals surface area contributed by atoms with Gasteiger partial charge in [-0.05, 0) is 36.5 Å². The van der Waals surface area contributed by atoms with Gasteiger partial charge in [-0.15, -0.1) is 0 Å². The van der Waals surface area contributed by atoms with E-state index in [1.807, 2.05) is 42.5 Å². The molecule has 2 aromatic rings. The summed E-state index contributed by atoms with van der Waals surface area (Å²) in [5, 5.41) is 21.3. The number of aliphatic carboxylic acids is 1.